The topological polar surface area (TPSA) is 46.1 Å². The Bertz CT molecular complexity index is 697. The summed E-state index contributed by atoms with van der Waals surface area (Å²) in [6, 6.07) is 9.91. The minimum Gasteiger partial charge on any atom is -0.312 e. The lowest BCUT2D eigenvalue weighted by Gasteiger charge is -2.18. The molecule has 1 aromatic carbocycles. The van der Waals surface area contributed by atoms with Gasteiger partial charge in [0.15, 0.2) is 0 Å². The molecule has 4 heteroatoms. The summed E-state index contributed by atoms with van der Waals surface area (Å²) in [7, 11) is 0. The summed E-state index contributed by atoms with van der Waals surface area (Å²) in [6.07, 6.45) is 3.37. The summed E-state index contributed by atoms with van der Waals surface area (Å²) in [5.74, 6) is 1.72. The van der Waals surface area contributed by atoms with Crippen LogP contribution in [0.4, 0.5) is 5.69 Å². The normalized spacial score (nSPS) is 18.0. The molecule has 0 unspecified atom stereocenters. The van der Waals surface area contributed by atoms with Crippen molar-refractivity contribution in [3.8, 4) is 0 Å². The number of hydrogen-bond donors (Lipinski definition) is 0. The molecule has 3 rings (SSSR count). The molecule has 4 nitrogen and oxygen atoms in total. The van der Waals surface area contributed by atoms with Crippen LogP contribution in [0.25, 0.3) is 0 Å². The van der Waals surface area contributed by atoms with Crippen molar-refractivity contribution in [2.24, 2.45) is 5.92 Å². The number of aromatic nitrogens is 2. The number of carbonyl (C=O) groups is 1. The van der Waals surface area contributed by atoms with Gasteiger partial charge in [-0.1, -0.05) is 32.0 Å². The highest BCUT2D eigenvalue weighted by Gasteiger charge is 2.31. The van der Waals surface area contributed by atoms with E-state index in [2.05, 4.69) is 23.8 Å². The van der Waals surface area contributed by atoms with E-state index >= 15 is 0 Å². The molecule has 1 aromatic heterocycles. The second kappa shape index (κ2) is 6.49. The number of para-hydroxylation sites is 1. The van der Waals surface area contributed by atoms with Crippen LogP contribution in [0, 0.1) is 12.8 Å². The van der Waals surface area contributed by atoms with Crippen molar-refractivity contribution >= 4 is 11.6 Å². The second-order valence-corrected chi connectivity index (χ2v) is 6.59. The predicted molar refractivity (Wildman–Crippen MR) is 91.5 cm³/mol. The Kier molecular flexibility index (Phi) is 4.42. The highest BCUT2D eigenvalue weighted by Crippen LogP contribution is 2.28. The van der Waals surface area contributed by atoms with Crippen LogP contribution in [0.1, 0.15) is 43.3 Å². The van der Waals surface area contributed by atoms with E-state index in [4.69, 9.17) is 0 Å². The zero-order valence-corrected chi connectivity index (χ0v) is 14.0. The van der Waals surface area contributed by atoms with Gasteiger partial charge in [-0.15, -0.1) is 0 Å². The van der Waals surface area contributed by atoms with E-state index in [0.717, 1.165) is 30.2 Å². The fourth-order valence-corrected chi connectivity index (χ4v) is 3.22. The first kappa shape index (κ1) is 15.7. The van der Waals surface area contributed by atoms with Crippen LogP contribution in [0.15, 0.2) is 36.5 Å². The third-order valence-electron chi connectivity index (χ3n) is 4.40. The monoisotopic (exact) mass is 309 g/mol. The van der Waals surface area contributed by atoms with E-state index in [9.17, 15) is 4.79 Å². The Balaban J connectivity index is 1.78. The van der Waals surface area contributed by atoms with Crippen molar-refractivity contribution in [1.82, 2.24) is 9.97 Å². The van der Waals surface area contributed by atoms with Gasteiger partial charge in [0.1, 0.15) is 5.82 Å². The van der Waals surface area contributed by atoms with E-state index in [1.807, 2.05) is 48.4 Å². The molecule has 1 aliphatic heterocycles. The molecule has 0 saturated carbocycles. The van der Waals surface area contributed by atoms with Crippen LogP contribution in [0.2, 0.25) is 0 Å². The SMILES string of the molecule is Cc1ncc(C(C)C)c(C[C@H]2CC(=O)N(c3ccccc3)C2)n1. The number of aryl methyl sites for hydroxylation is 1. The quantitative estimate of drug-likeness (QED) is 0.868. The summed E-state index contributed by atoms with van der Waals surface area (Å²) in [6.45, 7) is 7.01. The number of benzene rings is 1. The number of amides is 1. The summed E-state index contributed by atoms with van der Waals surface area (Å²) < 4.78 is 0. The van der Waals surface area contributed by atoms with Gasteiger partial charge in [0.2, 0.25) is 5.91 Å². The van der Waals surface area contributed by atoms with Crippen LogP contribution in [-0.4, -0.2) is 22.4 Å². The Labute approximate surface area is 137 Å². The van der Waals surface area contributed by atoms with Gasteiger partial charge in [0.05, 0.1) is 0 Å². The molecule has 1 fully saturated rings. The van der Waals surface area contributed by atoms with Gasteiger partial charge in [-0.05, 0) is 42.9 Å². The summed E-state index contributed by atoms with van der Waals surface area (Å²) >= 11 is 0. The van der Waals surface area contributed by atoms with Gasteiger partial charge in [-0.3, -0.25) is 4.79 Å². The van der Waals surface area contributed by atoms with Gasteiger partial charge < -0.3 is 4.90 Å². The zero-order valence-electron chi connectivity index (χ0n) is 14.0. The van der Waals surface area contributed by atoms with E-state index in [0.29, 0.717) is 18.3 Å². The maximum absolute atomic E-state index is 12.4. The first-order valence-electron chi connectivity index (χ1n) is 8.22. The highest BCUT2D eigenvalue weighted by molar-refractivity contribution is 5.95. The third-order valence-corrected chi connectivity index (χ3v) is 4.40. The zero-order chi connectivity index (χ0) is 16.4. The molecule has 0 aliphatic carbocycles. The van der Waals surface area contributed by atoms with Crippen molar-refractivity contribution in [3.63, 3.8) is 0 Å². The molecular weight excluding hydrogens is 286 g/mol. The Morgan fingerprint density at radius 3 is 2.70 bits per heavy atom. The third kappa shape index (κ3) is 3.41. The molecule has 0 radical (unpaired) electrons. The van der Waals surface area contributed by atoms with Crippen LogP contribution in [-0.2, 0) is 11.2 Å². The number of rotatable bonds is 4. The lowest BCUT2D eigenvalue weighted by atomic mass is 9.95. The van der Waals surface area contributed by atoms with Crippen molar-refractivity contribution in [3.05, 3.63) is 53.6 Å². The summed E-state index contributed by atoms with van der Waals surface area (Å²) in [4.78, 5) is 23.2. The van der Waals surface area contributed by atoms with Gasteiger partial charge in [-0.25, -0.2) is 9.97 Å². The molecule has 1 aliphatic rings. The molecule has 1 atom stereocenters. The molecule has 1 amide bonds. The smallest absolute Gasteiger partial charge is 0.227 e. The number of hydrogen-bond acceptors (Lipinski definition) is 3. The molecular formula is C19H23N3O. The van der Waals surface area contributed by atoms with Crippen LogP contribution in [0.3, 0.4) is 0 Å². The maximum atomic E-state index is 12.4. The molecule has 0 N–H and O–H groups in total. The molecule has 23 heavy (non-hydrogen) atoms. The molecule has 2 heterocycles. The summed E-state index contributed by atoms with van der Waals surface area (Å²) in [5.41, 5.74) is 3.28. The fraction of sp³-hybridized carbons (Fsp3) is 0.421. The van der Waals surface area contributed by atoms with Gasteiger partial charge in [0, 0.05) is 30.5 Å². The van der Waals surface area contributed by atoms with Gasteiger partial charge >= 0.3 is 0 Å². The highest BCUT2D eigenvalue weighted by atomic mass is 16.2. The average Bonchev–Trinajstić information content (AvgIpc) is 2.88. The second-order valence-electron chi connectivity index (χ2n) is 6.59. The first-order valence-corrected chi connectivity index (χ1v) is 8.22. The lowest BCUT2D eigenvalue weighted by molar-refractivity contribution is -0.117. The number of carbonyl (C=O) groups excluding carboxylic acids is 1. The number of anilines is 1. The standard InChI is InChI=1S/C19H23N3O/c1-13(2)17-11-20-14(3)21-18(17)9-15-10-19(23)22(12-15)16-7-5-4-6-8-16/h4-8,11,13,15H,9-10,12H2,1-3H3/t15-/m0/s1. The van der Waals surface area contributed by atoms with Crippen LogP contribution >= 0.6 is 0 Å². The van der Waals surface area contributed by atoms with Gasteiger partial charge in [-0.2, -0.15) is 0 Å². The Hall–Kier alpha value is -2.23. The van der Waals surface area contributed by atoms with Crippen LogP contribution < -0.4 is 4.90 Å². The van der Waals surface area contributed by atoms with Crippen molar-refractivity contribution in [1.29, 1.82) is 0 Å². The van der Waals surface area contributed by atoms with Gasteiger partial charge in [0.25, 0.3) is 0 Å². The molecule has 120 valence electrons. The molecule has 0 spiro atoms. The first-order chi connectivity index (χ1) is 11.0. The Morgan fingerprint density at radius 1 is 1.26 bits per heavy atom. The van der Waals surface area contributed by atoms with E-state index in [-0.39, 0.29) is 5.91 Å². The minimum atomic E-state index is 0.207. The van der Waals surface area contributed by atoms with E-state index in [1.165, 1.54) is 5.56 Å². The van der Waals surface area contributed by atoms with Crippen molar-refractivity contribution in [2.75, 3.05) is 11.4 Å². The summed E-state index contributed by atoms with van der Waals surface area (Å²) in [5, 5.41) is 0. The lowest BCUT2D eigenvalue weighted by Crippen LogP contribution is -2.24. The van der Waals surface area contributed by atoms with Crippen LogP contribution in [0.5, 0.6) is 0 Å². The molecule has 2 aromatic rings. The average molecular weight is 309 g/mol. The van der Waals surface area contributed by atoms with E-state index < -0.39 is 0 Å². The van der Waals surface area contributed by atoms with Crippen molar-refractivity contribution in [2.45, 2.75) is 39.5 Å². The largest absolute Gasteiger partial charge is 0.312 e. The van der Waals surface area contributed by atoms with E-state index in [1.54, 1.807) is 0 Å². The molecule has 0 bridgehead atoms. The predicted octanol–water partition coefficient (Wildman–Crippen LogP) is 3.50. The Morgan fingerprint density at radius 2 is 2.00 bits per heavy atom. The minimum absolute atomic E-state index is 0.207. The van der Waals surface area contributed by atoms with Crippen molar-refractivity contribution < 1.29 is 4.79 Å². The molecule has 1 saturated heterocycles. The maximum Gasteiger partial charge on any atom is 0.227 e. The number of nitrogens with zero attached hydrogens (tertiary/aromatic N) is 3. The fourth-order valence-electron chi connectivity index (χ4n) is 3.22.